The molecule has 1 aromatic heterocycles. The van der Waals surface area contributed by atoms with Crippen molar-refractivity contribution in [3.63, 3.8) is 0 Å². The molecule has 0 unspecified atom stereocenters. The van der Waals surface area contributed by atoms with Crippen molar-refractivity contribution in [2.75, 3.05) is 0 Å². The number of aromatic nitrogens is 2. The van der Waals surface area contributed by atoms with Crippen molar-refractivity contribution < 1.29 is 4.79 Å². The molecule has 1 amide bonds. The number of rotatable bonds is 5. The van der Waals surface area contributed by atoms with Crippen molar-refractivity contribution in [1.29, 1.82) is 0 Å². The number of aryl methyl sites for hydroxylation is 1. The molecule has 3 rings (SSSR count). The highest BCUT2D eigenvalue weighted by Gasteiger charge is 2.12. The van der Waals surface area contributed by atoms with Gasteiger partial charge in [0.1, 0.15) is 5.69 Å². The Morgan fingerprint density at radius 1 is 1.12 bits per heavy atom. The van der Waals surface area contributed by atoms with E-state index in [-0.39, 0.29) is 5.91 Å². The van der Waals surface area contributed by atoms with Gasteiger partial charge in [-0.05, 0) is 29.7 Å². The number of hydrogen-bond acceptors (Lipinski definition) is 2. The second-order valence-corrected chi connectivity index (χ2v) is 5.91. The Hall–Kier alpha value is -2.59. The van der Waals surface area contributed by atoms with Gasteiger partial charge in [-0.3, -0.25) is 9.89 Å². The quantitative estimate of drug-likeness (QED) is 0.731. The van der Waals surface area contributed by atoms with Gasteiger partial charge in [-0.1, -0.05) is 61.0 Å². The third-order valence-electron chi connectivity index (χ3n) is 3.86. The molecule has 2 N–H and O–H groups in total. The summed E-state index contributed by atoms with van der Waals surface area (Å²) in [7, 11) is 0. The number of amides is 1. The smallest absolute Gasteiger partial charge is 0.269 e. The molecule has 0 fully saturated rings. The number of H-pyrrole nitrogens is 1. The lowest BCUT2D eigenvalue weighted by atomic mass is 10.1. The van der Waals surface area contributed by atoms with E-state index in [1.807, 2.05) is 30.3 Å². The number of carbonyl (C=O) groups is 1. The topological polar surface area (TPSA) is 57.8 Å². The van der Waals surface area contributed by atoms with Crippen LogP contribution in [0.5, 0.6) is 0 Å². The summed E-state index contributed by atoms with van der Waals surface area (Å²) in [6.07, 6.45) is 1.01. The number of benzene rings is 2. The Kier molecular flexibility index (Phi) is 4.96. The SMILES string of the molecule is CCc1ccc(CNC(=O)c2cc(-c3ccccc3Cl)n[nH]2)cc1. The van der Waals surface area contributed by atoms with E-state index in [2.05, 4.69) is 34.6 Å². The summed E-state index contributed by atoms with van der Waals surface area (Å²) < 4.78 is 0. The largest absolute Gasteiger partial charge is 0.347 e. The van der Waals surface area contributed by atoms with E-state index in [0.29, 0.717) is 23.0 Å². The van der Waals surface area contributed by atoms with Crippen LogP contribution in [0.25, 0.3) is 11.3 Å². The predicted molar refractivity (Wildman–Crippen MR) is 96.0 cm³/mol. The minimum atomic E-state index is -0.194. The lowest BCUT2D eigenvalue weighted by Crippen LogP contribution is -2.23. The van der Waals surface area contributed by atoms with Crippen molar-refractivity contribution in [2.24, 2.45) is 0 Å². The summed E-state index contributed by atoms with van der Waals surface area (Å²) in [6, 6.07) is 17.3. The fourth-order valence-electron chi connectivity index (χ4n) is 2.42. The Morgan fingerprint density at radius 3 is 2.54 bits per heavy atom. The third-order valence-corrected chi connectivity index (χ3v) is 4.19. The van der Waals surface area contributed by atoms with Crippen LogP contribution in [0.4, 0.5) is 0 Å². The maximum atomic E-state index is 12.3. The minimum absolute atomic E-state index is 0.194. The van der Waals surface area contributed by atoms with Gasteiger partial charge in [-0.15, -0.1) is 0 Å². The number of aromatic amines is 1. The molecule has 0 radical (unpaired) electrons. The van der Waals surface area contributed by atoms with Crippen LogP contribution in [0.2, 0.25) is 5.02 Å². The Morgan fingerprint density at radius 2 is 1.83 bits per heavy atom. The molecular weight excluding hydrogens is 322 g/mol. The normalized spacial score (nSPS) is 10.6. The lowest BCUT2D eigenvalue weighted by molar-refractivity contribution is 0.0946. The first-order chi connectivity index (χ1) is 11.7. The summed E-state index contributed by atoms with van der Waals surface area (Å²) in [5.41, 5.74) is 4.20. The first-order valence-corrected chi connectivity index (χ1v) is 8.21. The molecule has 2 aromatic carbocycles. The average Bonchev–Trinajstić information content (AvgIpc) is 3.10. The summed E-state index contributed by atoms with van der Waals surface area (Å²) in [4.78, 5) is 12.3. The molecule has 1 heterocycles. The van der Waals surface area contributed by atoms with Gasteiger partial charge >= 0.3 is 0 Å². The van der Waals surface area contributed by atoms with Gasteiger partial charge in [0, 0.05) is 12.1 Å². The molecule has 4 nitrogen and oxygen atoms in total. The van der Waals surface area contributed by atoms with Crippen LogP contribution >= 0.6 is 11.6 Å². The maximum absolute atomic E-state index is 12.3. The monoisotopic (exact) mass is 339 g/mol. The molecule has 0 saturated heterocycles. The van der Waals surface area contributed by atoms with E-state index in [0.717, 1.165) is 17.5 Å². The van der Waals surface area contributed by atoms with Gasteiger partial charge in [0.15, 0.2) is 0 Å². The van der Waals surface area contributed by atoms with E-state index in [1.165, 1.54) is 5.56 Å². The minimum Gasteiger partial charge on any atom is -0.347 e. The van der Waals surface area contributed by atoms with Gasteiger partial charge in [-0.2, -0.15) is 5.10 Å². The fraction of sp³-hybridized carbons (Fsp3) is 0.158. The zero-order valence-corrected chi connectivity index (χ0v) is 14.1. The predicted octanol–water partition coefficient (Wildman–Crippen LogP) is 4.22. The first kappa shape index (κ1) is 16.3. The van der Waals surface area contributed by atoms with Crippen molar-refractivity contribution in [3.05, 3.63) is 76.4 Å². The van der Waals surface area contributed by atoms with Gasteiger partial charge in [-0.25, -0.2) is 0 Å². The maximum Gasteiger partial charge on any atom is 0.269 e. The Balaban J connectivity index is 1.66. The van der Waals surface area contributed by atoms with E-state index in [1.54, 1.807) is 12.1 Å². The molecule has 3 aromatic rings. The average molecular weight is 340 g/mol. The highest BCUT2D eigenvalue weighted by atomic mass is 35.5. The van der Waals surface area contributed by atoms with Crippen molar-refractivity contribution >= 4 is 17.5 Å². The molecule has 0 aliphatic carbocycles. The second-order valence-electron chi connectivity index (χ2n) is 5.50. The number of hydrogen-bond donors (Lipinski definition) is 2. The second kappa shape index (κ2) is 7.32. The molecule has 122 valence electrons. The zero-order chi connectivity index (χ0) is 16.9. The Bertz CT molecular complexity index is 840. The molecule has 0 spiro atoms. The van der Waals surface area contributed by atoms with Crippen LogP contribution in [0.1, 0.15) is 28.5 Å². The van der Waals surface area contributed by atoms with Crippen LogP contribution < -0.4 is 5.32 Å². The standard InChI is InChI=1S/C19H18ClN3O/c1-2-13-7-9-14(10-8-13)12-21-19(24)18-11-17(22-23-18)15-5-3-4-6-16(15)20/h3-11H,2,12H2,1H3,(H,21,24)(H,22,23). The van der Waals surface area contributed by atoms with Crippen molar-refractivity contribution in [2.45, 2.75) is 19.9 Å². The van der Waals surface area contributed by atoms with Crippen LogP contribution in [0.15, 0.2) is 54.6 Å². The van der Waals surface area contributed by atoms with E-state index in [4.69, 9.17) is 11.6 Å². The summed E-state index contributed by atoms with van der Waals surface area (Å²) >= 11 is 6.16. The van der Waals surface area contributed by atoms with Crippen LogP contribution in [-0.2, 0) is 13.0 Å². The van der Waals surface area contributed by atoms with Gasteiger partial charge in [0.05, 0.1) is 10.7 Å². The molecule has 0 atom stereocenters. The van der Waals surface area contributed by atoms with Crippen LogP contribution in [0.3, 0.4) is 0 Å². The summed E-state index contributed by atoms with van der Waals surface area (Å²) in [5.74, 6) is -0.194. The van der Waals surface area contributed by atoms with E-state index in [9.17, 15) is 4.79 Å². The lowest BCUT2D eigenvalue weighted by Gasteiger charge is -2.04. The Labute approximate surface area is 145 Å². The van der Waals surface area contributed by atoms with Crippen molar-refractivity contribution in [3.8, 4) is 11.3 Å². The first-order valence-electron chi connectivity index (χ1n) is 7.83. The van der Waals surface area contributed by atoms with Crippen LogP contribution in [-0.4, -0.2) is 16.1 Å². The van der Waals surface area contributed by atoms with Gasteiger partial charge in [0.25, 0.3) is 5.91 Å². The number of carbonyl (C=O) groups excluding carboxylic acids is 1. The summed E-state index contributed by atoms with van der Waals surface area (Å²) in [6.45, 7) is 2.59. The number of halogens is 1. The van der Waals surface area contributed by atoms with Gasteiger partial charge < -0.3 is 5.32 Å². The van der Waals surface area contributed by atoms with Gasteiger partial charge in [0.2, 0.25) is 0 Å². The fourth-order valence-corrected chi connectivity index (χ4v) is 2.65. The molecule has 24 heavy (non-hydrogen) atoms. The van der Waals surface area contributed by atoms with Crippen LogP contribution in [0, 0.1) is 0 Å². The molecule has 0 bridgehead atoms. The van der Waals surface area contributed by atoms with E-state index < -0.39 is 0 Å². The highest BCUT2D eigenvalue weighted by molar-refractivity contribution is 6.33. The molecule has 0 aliphatic heterocycles. The summed E-state index contributed by atoms with van der Waals surface area (Å²) in [5, 5.41) is 10.4. The molecular formula is C19H18ClN3O. The van der Waals surface area contributed by atoms with E-state index >= 15 is 0 Å². The molecule has 5 heteroatoms. The molecule has 0 aliphatic rings. The number of nitrogens with zero attached hydrogens (tertiary/aromatic N) is 1. The zero-order valence-electron chi connectivity index (χ0n) is 13.3. The highest BCUT2D eigenvalue weighted by Crippen LogP contribution is 2.26. The third kappa shape index (κ3) is 3.66. The number of nitrogens with one attached hydrogen (secondary N) is 2. The molecule has 0 saturated carbocycles. The van der Waals surface area contributed by atoms with Crippen molar-refractivity contribution in [1.82, 2.24) is 15.5 Å².